The molecule has 2 heterocycles. The predicted molar refractivity (Wildman–Crippen MR) is 94.3 cm³/mol. The van der Waals surface area contributed by atoms with Crippen LogP contribution in [0.15, 0.2) is 18.7 Å². The van der Waals surface area contributed by atoms with Crippen LogP contribution in [0.4, 0.5) is 4.79 Å². The molecule has 0 atom stereocenters. The minimum absolute atomic E-state index is 0.219. The lowest BCUT2D eigenvalue weighted by atomic mass is 10.00. The SMILES string of the molecule is CC(C)(CCNC(=O)OC(C)(C)C)NC(=O)c1c[nH]c2ncncc12. The molecule has 0 bridgehead atoms. The van der Waals surface area contributed by atoms with Crippen LogP contribution in [0.2, 0.25) is 0 Å². The number of hydrogen-bond acceptors (Lipinski definition) is 5. The normalized spacial score (nSPS) is 12.0. The molecule has 2 aromatic rings. The van der Waals surface area contributed by atoms with Crippen molar-refractivity contribution >= 4 is 23.0 Å². The Kier molecular flexibility index (Phi) is 5.30. The zero-order valence-corrected chi connectivity index (χ0v) is 15.3. The molecule has 8 heteroatoms. The van der Waals surface area contributed by atoms with E-state index in [1.54, 1.807) is 12.4 Å². The number of hydrogen-bond donors (Lipinski definition) is 3. The maximum atomic E-state index is 12.5. The molecule has 0 aliphatic heterocycles. The van der Waals surface area contributed by atoms with Crippen molar-refractivity contribution in [3.8, 4) is 0 Å². The van der Waals surface area contributed by atoms with Crippen LogP contribution in [0.3, 0.4) is 0 Å². The summed E-state index contributed by atoms with van der Waals surface area (Å²) in [5.74, 6) is -0.219. The largest absolute Gasteiger partial charge is 0.444 e. The molecule has 0 saturated carbocycles. The summed E-state index contributed by atoms with van der Waals surface area (Å²) in [4.78, 5) is 35.2. The molecule has 0 unspecified atom stereocenters. The average molecular weight is 347 g/mol. The Balaban J connectivity index is 1.90. The fourth-order valence-electron chi connectivity index (χ4n) is 2.28. The second-order valence-corrected chi connectivity index (χ2v) is 7.50. The van der Waals surface area contributed by atoms with E-state index in [1.165, 1.54) is 6.33 Å². The first-order chi connectivity index (χ1) is 11.6. The van der Waals surface area contributed by atoms with Crippen molar-refractivity contribution in [1.82, 2.24) is 25.6 Å². The van der Waals surface area contributed by atoms with Crippen molar-refractivity contribution in [2.24, 2.45) is 0 Å². The molecule has 2 aromatic heterocycles. The quantitative estimate of drug-likeness (QED) is 0.769. The van der Waals surface area contributed by atoms with E-state index in [9.17, 15) is 9.59 Å². The van der Waals surface area contributed by atoms with Crippen LogP contribution < -0.4 is 10.6 Å². The van der Waals surface area contributed by atoms with Crippen molar-refractivity contribution in [2.45, 2.75) is 52.2 Å². The van der Waals surface area contributed by atoms with Crippen LogP contribution in [0.25, 0.3) is 11.0 Å². The smallest absolute Gasteiger partial charge is 0.407 e. The van der Waals surface area contributed by atoms with Gasteiger partial charge in [0.25, 0.3) is 5.91 Å². The predicted octanol–water partition coefficient (Wildman–Crippen LogP) is 2.38. The van der Waals surface area contributed by atoms with Gasteiger partial charge in [-0.3, -0.25) is 4.79 Å². The summed E-state index contributed by atoms with van der Waals surface area (Å²) in [7, 11) is 0. The molecule has 0 fully saturated rings. The molecule has 0 saturated heterocycles. The van der Waals surface area contributed by atoms with E-state index in [0.29, 0.717) is 29.6 Å². The van der Waals surface area contributed by atoms with Crippen LogP contribution in [0.1, 0.15) is 51.4 Å². The highest BCUT2D eigenvalue weighted by atomic mass is 16.6. The van der Waals surface area contributed by atoms with Gasteiger partial charge in [-0.2, -0.15) is 0 Å². The number of ether oxygens (including phenoxy) is 1. The Hall–Kier alpha value is -2.64. The van der Waals surface area contributed by atoms with Gasteiger partial charge in [0.15, 0.2) is 0 Å². The van der Waals surface area contributed by atoms with E-state index in [0.717, 1.165) is 0 Å². The molecular weight excluding hydrogens is 322 g/mol. The summed E-state index contributed by atoms with van der Waals surface area (Å²) in [6, 6.07) is 0. The first-order valence-electron chi connectivity index (χ1n) is 8.14. The number of nitrogens with zero attached hydrogens (tertiary/aromatic N) is 2. The first-order valence-corrected chi connectivity index (χ1v) is 8.14. The topological polar surface area (TPSA) is 109 Å². The fourth-order valence-corrected chi connectivity index (χ4v) is 2.28. The Labute approximate surface area is 146 Å². The van der Waals surface area contributed by atoms with Gasteiger partial charge in [0.1, 0.15) is 17.6 Å². The van der Waals surface area contributed by atoms with Gasteiger partial charge < -0.3 is 20.4 Å². The van der Waals surface area contributed by atoms with Gasteiger partial charge in [-0.25, -0.2) is 14.8 Å². The highest BCUT2D eigenvalue weighted by Gasteiger charge is 2.23. The minimum Gasteiger partial charge on any atom is -0.444 e. The number of aromatic amines is 1. The zero-order valence-electron chi connectivity index (χ0n) is 15.3. The van der Waals surface area contributed by atoms with Gasteiger partial charge in [0.2, 0.25) is 0 Å². The monoisotopic (exact) mass is 347 g/mol. The molecule has 25 heavy (non-hydrogen) atoms. The number of amides is 2. The van der Waals surface area contributed by atoms with E-state index in [1.807, 2.05) is 34.6 Å². The molecule has 3 N–H and O–H groups in total. The molecule has 0 aromatic carbocycles. The molecule has 0 aliphatic rings. The number of fused-ring (bicyclic) bond motifs is 1. The van der Waals surface area contributed by atoms with Crippen LogP contribution in [-0.4, -0.2) is 44.6 Å². The number of nitrogens with one attached hydrogen (secondary N) is 3. The Morgan fingerprint density at radius 2 is 1.96 bits per heavy atom. The third-order valence-electron chi connectivity index (χ3n) is 3.47. The lowest BCUT2D eigenvalue weighted by molar-refractivity contribution is 0.0524. The molecule has 8 nitrogen and oxygen atoms in total. The summed E-state index contributed by atoms with van der Waals surface area (Å²) >= 11 is 0. The number of rotatable bonds is 5. The lowest BCUT2D eigenvalue weighted by Crippen LogP contribution is -2.46. The summed E-state index contributed by atoms with van der Waals surface area (Å²) in [6.45, 7) is 9.60. The van der Waals surface area contributed by atoms with Gasteiger partial charge >= 0.3 is 6.09 Å². The maximum absolute atomic E-state index is 12.5. The highest BCUT2D eigenvalue weighted by Crippen LogP contribution is 2.16. The zero-order chi connectivity index (χ0) is 18.7. The molecule has 0 aliphatic carbocycles. The first kappa shape index (κ1) is 18.7. The number of alkyl carbamates (subject to hydrolysis) is 1. The standard InChI is InChI=1S/C17H25N5O3/c1-16(2,3)25-15(24)19-7-6-17(4,5)22-14(23)12-9-20-13-11(12)8-18-10-21-13/h8-10H,6-7H2,1-5H3,(H,19,24)(H,22,23)(H,18,20,21). The van der Waals surface area contributed by atoms with Crippen LogP contribution in [0.5, 0.6) is 0 Å². The van der Waals surface area contributed by atoms with Crippen LogP contribution in [-0.2, 0) is 4.74 Å². The van der Waals surface area contributed by atoms with Crippen molar-refractivity contribution in [3.05, 3.63) is 24.3 Å². The highest BCUT2D eigenvalue weighted by molar-refractivity contribution is 6.05. The third kappa shape index (κ3) is 5.44. The summed E-state index contributed by atoms with van der Waals surface area (Å²) in [5.41, 5.74) is 0.0598. The third-order valence-corrected chi connectivity index (χ3v) is 3.47. The van der Waals surface area contributed by atoms with Crippen LogP contribution >= 0.6 is 0 Å². The van der Waals surface area contributed by atoms with Gasteiger partial charge in [-0.15, -0.1) is 0 Å². The maximum Gasteiger partial charge on any atom is 0.407 e. The number of aromatic nitrogens is 3. The Morgan fingerprint density at radius 1 is 1.24 bits per heavy atom. The van der Waals surface area contributed by atoms with E-state index >= 15 is 0 Å². The van der Waals surface area contributed by atoms with Gasteiger partial charge in [-0.1, -0.05) is 0 Å². The molecular formula is C17H25N5O3. The van der Waals surface area contributed by atoms with Crippen molar-refractivity contribution in [3.63, 3.8) is 0 Å². The van der Waals surface area contributed by atoms with E-state index in [-0.39, 0.29) is 5.91 Å². The number of H-pyrrole nitrogens is 1. The van der Waals surface area contributed by atoms with Gasteiger partial charge in [0.05, 0.1) is 5.56 Å². The average Bonchev–Trinajstić information content (AvgIpc) is 2.88. The summed E-state index contributed by atoms with van der Waals surface area (Å²) in [6.07, 6.45) is 4.72. The van der Waals surface area contributed by atoms with Crippen molar-refractivity contribution < 1.29 is 14.3 Å². The Bertz CT molecular complexity index is 761. The molecule has 136 valence electrons. The van der Waals surface area contributed by atoms with E-state index in [4.69, 9.17) is 4.74 Å². The summed E-state index contributed by atoms with van der Waals surface area (Å²) < 4.78 is 5.19. The van der Waals surface area contributed by atoms with E-state index in [2.05, 4.69) is 25.6 Å². The van der Waals surface area contributed by atoms with Gasteiger partial charge in [-0.05, 0) is 41.0 Å². The molecule has 0 radical (unpaired) electrons. The lowest BCUT2D eigenvalue weighted by Gasteiger charge is -2.27. The summed E-state index contributed by atoms with van der Waals surface area (Å²) in [5, 5.41) is 6.33. The fraction of sp³-hybridized carbons (Fsp3) is 0.529. The van der Waals surface area contributed by atoms with E-state index < -0.39 is 17.2 Å². The van der Waals surface area contributed by atoms with Crippen LogP contribution in [0, 0.1) is 0 Å². The van der Waals surface area contributed by atoms with Gasteiger partial charge in [0, 0.05) is 29.9 Å². The van der Waals surface area contributed by atoms with Crippen molar-refractivity contribution in [1.29, 1.82) is 0 Å². The Morgan fingerprint density at radius 3 is 2.64 bits per heavy atom. The molecule has 2 rings (SSSR count). The molecule has 2 amide bonds. The second kappa shape index (κ2) is 7.08. The number of carbonyl (C=O) groups excluding carboxylic acids is 2. The second-order valence-electron chi connectivity index (χ2n) is 7.50. The van der Waals surface area contributed by atoms with Crippen molar-refractivity contribution in [2.75, 3.05) is 6.54 Å². The number of carbonyl (C=O) groups is 2. The molecule has 0 spiro atoms. The minimum atomic E-state index is -0.536.